The minimum atomic E-state index is -3.03. The van der Waals surface area contributed by atoms with Crippen molar-refractivity contribution in [2.75, 3.05) is 18.1 Å². The molecule has 0 radical (unpaired) electrons. The Morgan fingerprint density at radius 3 is 2.23 bits per heavy atom. The topological polar surface area (TPSA) is 59.0 Å². The molecule has 1 N–H and O–H groups in total. The lowest BCUT2D eigenvalue weighted by molar-refractivity contribution is -0.207. The molecule has 0 saturated carbocycles. The van der Waals surface area contributed by atoms with Crippen molar-refractivity contribution in [3.8, 4) is 0 Å². The lowest BCUT2D eigenvalue weighted by Gasteiger charge is -2.32. The van der Waals surface area contributed by atoms with Crippen LogP contribution in [0.25, 0.3) is 0 Å². The van der Waals surface area contributed by atoms with Gasteiger partial charge in [-0.1, -0.05) is 36.0 Å². The van der Waals surface area contributed by atoms with Crippen molar-refractivity contribution in [2.24, 2.45) is 0 Å². The van der Waals surface area contributed by atoms with Gasteiger partial charge in [0.15, 0.2) is 0 Å². The molecule has 2 aromatic rings. The van der Waals surface area contributed by atoms with Crippen molar-refractivity contribution in [3.05, 3.63) is 48.5 Å². The predicted octanol–water partition coefficient (Wildman–Crippen LogP) is 4.01. The van der Waals surface area contributed by atoms with Gasteiger partial charge in [-0.2, -0.15) is 4.67 Å². The number of rotatable bonds is 6. The lowest BCUT2D eigenvalue weighted by atomic mass is 10.2. The van der Waals surface area contributed by atoms with Gasteiger partial charge >= 0.3 is 8.25 Å². The average molecular weight is 337 g/mol. The monoisotopic (exact) mass is 337 g/mol. The SMILES string of the molecule is O=[PH](O)OOCCCN1c2ccccc2Sc2ccccc21. The highest BCUT2D eigenvalue weighted by Gasteiger charge is 2.22. The summed E-state index contributed by atoms with van der Waals surface area (Å²) in [5.74, 6) is 0. The molecular weight excluding hydrogens is 321 g/mol. The maximum Gasteiger partial charge on any atom is 0.344 e. The summed E-state index contributed by atoms with van der Waals surface area (Å²) in [5.41, 5.74) is 2.34. The Kier molecular flexibility index (Phi) is 5.18. The molecule has 0 aliphatic carbocycles. The molecule has 7 heteroatoms. The van der Waals surface area contributed by atoms with Gasteiger partial charge in [0.1, 0.15) is 0 Å². The first-order chi connectivity index (χ1) is 10.8. The van der Waals surface area contributed by atoms with Gasteiger partial charge in [-0.3, -0.25) is 4.57 Å². The summed E-state index contributed by atoms with van der Waals surface area (Å²) in [6, 6.07) is 16.5. The van der Waals surface area contributed by atoms with Crippen LogP contribution in [0, 0.1) is 0 Å². The summed E-state index contributed by atoms with van der Waals surface area (Å²) in [4.78, 5) is 17.9. The molecule has 0 aromatic heterocycles. The summed E-state index contributed by atoms with van der Waals surface area (Å²) in [6.45, 7) is 1.01. The van der Waals surface area contributed by atoms with Gasteiger partial charge in [0, 0.05) is 16.3 Å². The van der Waals surface area contributed by atoms with Crippen molar-refractivity contribution in [1.82, 2.24) is 0 Å². The standard InChI is InChI=1S/C15H16NO4PS/c17-21(18)20-19-11-5-10-16-12-6-1-3-8-14(12)22-15-9-4-2-7-13(15)16/h1-4,6-9,21H,5,10-11H2,(H,17,18). The molecule has 0 amide bonds. The van der Waals surface area contributed by atoms with Gasteiger partial charge in [0.2, 0.25) is 0 Å². The van der Waals surface area contributed by atoms with Crippen molar-refractivity contribution in [1.29, 1.82) is 0 Å². The summed E-state index contributed by atoms with van der Waals surface area (Å²) >= 11 is 1.77. The number of benzene rings is 2. The van der Waals surface area contributed by atoms with Crippen LogP contribution >= 0.6 is 20.0 Å². The number of nitrogens with zero attached hydrogens (tertiary/aromatic N) is 1. The molecule has 5 nitrogen and oxygen atoms in total. The van der Waals surface area contributed by atoms with Gasteiger partial charge in [-0.05, 0) is 30.7 Å². The number of fused-ring (bicyclic) bond motifs is 2. The predicted molar refractivity (Wildman–Crippen MR) is 86.9 cm³/mol. The van der Waals surface area contributed by atoms with Crippen LogP contribution in [-0.2, 0) is 14.1 Å². The van der Waals surface area contributed by atoms with E-state index in [1.165, 1.54) is 21.2 Å². The highest BCUT2D eigenvalue weighted by atomic mass is 32.2. The molecule has 1 heterocycles. The van der Waals surface area contributed by atoms with Crippen LogP contribution in [0.4, 0.5) is 11.4 Å². The summed E-state index contributed by atoms with van der Waals surface area (Å²) in [7, 11) is -3.03. The largest absolute Gasteiger partial charge is 0.344 e. The van der Waals surface area contributed by atoms with Crippen molar-refractivity contribution < 1.29 is 19.0 Å². The molecule has 0 fully saturated rings. The summed E-state index contributed by atoms with van der Waals surface area (Å²) < 4.78 is 14.7. The van der Waals surface area contributed by atoms with E-state index in [9.17, 15) is 4.57 Å². The first kappa shape index (κ1) is 15.6. The molecule has 1 atom stereocenters. The molecule has 1 aliphatic heterocycles. The van der Waals surface area contributed by atoms with E-state index in [0.717, 1.165) is 6.54 Å². The Labute approximate surface area is 133 Å². The third-order valence-corrected chi connectivity index (χ3v) is 4.66. The van der Waals surface area contributed by atoms with Crippen molar-refractivity contribution in [2.45, 2.75) is 16.2 Å². The zero-order chi connectivity index (χ0) is 15.4. The van der Waals surface area contributed by atoms with Gasteiger partial charge in [0.05, 0.1) is 18.0 Å². The molecule has 1 unspecified atom stereocenters. The van der Waals surface area contributed by atoms with E-state index in [-0.39, 0.29) is 6.61 Å². The molecule has 3 rings (SSSR count). The fraction of sp³-hybridized carbons (Fsp3) is 0.200. The zero-order valence-corrected chi connectivity index (χ0v) is 13.6. The van der Waals surface area contributed by atoms with Crippen LogP contribution in [0.2, 0.25) is 0 Å². The van der Waals surface area contributed by atoms with E-state index in [2.05, 4.69) is 33.8 Å². The molecular formula is C15H16NO4PS. The van der Waals surface area contributed by atoms with Gasteiger partial charge in [-0.25, -0.2) is 4.89 Å². The van der Waals surface area contributed by atoms with Crippen LogP contribution in [-0.4, -0.2) is 18.0 Å². The summed E-state index contributed by atoms with van der Waals surface area (Å²) in [6.07, 6.45) is 0.683. The quantitative estimate of drug-likeness (QED) is 0.372. The first-order valence-electron chi connectivity index (χ1n) is 6.91. The lowest BCUT2D eigenvalue weighted by Crippen LogP contribution is -2.22. The fourth-order valence-corrected chi connectivity index (χ4v) is 3.68. The Balaban J connectivity index is 1.74. The smallest absolute Gasteiger partial charge is 0.340 e. The van der Waals surface area contributed by atoms with E-state index in [4.69, 9.17) is 9.78 Å². The number of para-hydroxylation sites is 2. The fourth-order valence-electron chi connectivity index (χ4n) is 2.40. The van der Waals surface area contributed by atoms with E-state index >= 15 is 0 Å². The highest BCUT2D eigenvalue weighted by Crippen LogP contribution is 2.47. The van der Waals surface area contributed by atoms with Crippen LogP contribution in [0.15, 0.2) is 58.3 Å². The van der Waals surface area contributed by atoms with Crippen molar-refractivity contribution >= 4 is 31.4 Å². The Morgan fingerprint density at radius 2 is 1.64 bits per heavy atom. The molecule has 0 bridgehead atoms. The highest BCUT2D eigenvalue weighted by molar-refractivity contribution is 7.99. The van der Waals surface area contributed by atoms with Gasteiger partial charge in [-0.15, -0.1) is 0 Å². The van der Waals surface area contributed by atoms with E-state index < -0.39 is 8.25 Å². The molecule has 1 aliphatic rings. The maximum atomic E-state index is 10.4. The summed E-state index contributed by atoms with van der Waals surface area (Å²) in [5, 5.41) is 0. The minimum Gasteiger partial charge on any atom is -0.340 e. The molecule has 116 valence electrons. The molecule has 2 aromatic carbocycles. The second kappa shape index (κ2) is 7.31. The number of hydrogen-bond donors (Lipinski definition) is 1. The average Bonchev–Trinajstić information content (AvgIpc) is 2.53. The normalized spacial score (nSPS) is 14.3. The van der Waals surface area contributed by atoms with Crippen LogP contribution < -0.4 is 4.90 Å². The van der Waals surface area contributed by atoms with E-state index in [0.29, 0.717) is 6.42 Å². The molecule has 0 saturated heterocycles. The minimum absolute atomic E-state index is 0.269. The Bertz CT molecular complexity index is 637. The number of anilines is 2. The second-order valence-electron chi connectivity index (χ2n) is 4.71. The molecule has 22 heavy (non-hydrogen) atoms. The Hall–Kier alpha value is -1.30. The van der Waals surface area contributed by atoms with Crippen LogP contribution in [0.3, 0.4) is 0 Å². The van der Waals surface area contributed by atoms with Crippen molar-refractivity contribution in [3.63, 3.8) is 0 Å². The van der Waals surface area contributed by atoms with E-state index in [1.807, 2.05) is 24.3 Å². The molecule has 0 spiro atoms. The maximum absolute atomic E-state index is 10.4. The van der Waals surface area contributed by atoms with Gasteiger partial charge in [0.25, 0.3) is 0 Å². The van der Waals surface area contributed by atoms with Crippen LogP contribution in [0.1, 0.15) is 6.42 Å². The zero-order valence-electron chi connectivity index (χ0n) is 11.8. The Morgan fingerprint density at radius 1 is 1.05 bits per heavy atom. The van der Waals surface area contributed by atoms with E-state index in [1.54, 1.807) is 11.8 Å². The second-order valence-corrected chi connectivity index (χ2v) is 6.50. The number of hydrogen-bond acceptors (Lipinski definition) is 5. The van der Waals surface area contributed by atoms with Crippen LogP contribution in [0.5, 0.6) is 0 Å². The third kappa shape index (κ3) is 3.54. The third-order valence-electron chi connectivity index (χ3n) is 3.27. The first-order valence-corrected chi connectivity index (χ1v) is 8.99. The van der Waals surface area contributed by atoms with Gasteiger partial charge < -0.3 is 9.79 Å².